The first-order valence-corrected chi connectivity index (χ1v) is 9.76. The Bertz CT molecular complexity index is 1080. The van der Waals surface area contributed by atoms with Crippen molar-refractivity contribution in [2.75, 3.05) is 5.32 Å². The van der Waals surface area contributed by atoms with E-state index < -0.39 is 0 Å². The van der Waals surface area contributed by atoms with Gasteiger partial charge in [0.05, 0.1) is 17.5 Å². The van der Waals surface area contributed by atoms with Crippen LogP contribution in [0.25, 0.3) is 27.3 Å². The van der Waals surface area contributed by atoms with Gasteiger partial charge in [-0.2, -0.15) is 5.10 Å². The van der Waals surface area contributed by atoms with Gasteiger partial charge >= 0.3 is 0 Å². The number of carbonyl (C=O) groups excluding carboxylic acids is 1. The number of benzene rings is 1. The number of amides is 1. The lowest BCUT2D eigenvalue weighted by Crippen LogP contribution is -2.13. The van der Waals surface area contributed by atoms with E-state index in [1.807, 2.05) is 66.3 Å². The molecule has 0 saturated heterocycles. The van der Waals surface area contributed by atoms with Gasteiger partial charge in [0.1, 0.15) is 0 Å². The fraction of sp³-hybridized carbons (Fsp3) is 0.190. The van der Waals surface area contributed by atoms with Gasteiger partial charge in [-0.25, -0.2) is 9.50 Å². The summed E-state index contributed by atoms with van der Waals surface area (Å²) in [5.41, 5.74) is 4.54. The lowest BCUT2D eigenvalue weighted by atomic mass is 10.1. The van der Waals surface area contributed by atoms with Crippen molar-refractivity contribution in [3.8, 4) is 21.7 Å². The number of fused-ring (bicyclic) bond motifs is 1. The molecule has 0 atom stereocenters. The van der Waals surface area contributed by atoms with Gasteiger partial charge in [0.2, 0.25) is 5.91 Å². The molecule has 0 fully saturated rings. The SMILES string of the molecule is CC(C)CC(=O)Nc1cccc(-c2ccnc3c(-c4cccs4)cnn23)c1. The van der Waals surface area contributed by atoms with E-state index in [2.05, 4.69) is 21.5 Å². The van der Waals surface area contributed by atoms with Crippen molar-refractivity contribution in [2.24, 2.45) is 5.92 Å². The second kappa shape index (κ2) is 7.32. The van der Waals surface area contributed by atoms with Gasteiger partial charge in [0.15, 0.2) is 5.65 Å². The Morgan fingerprint density at radius 2 is 2.11 bits per heavy atom. The maximum atomic E-state index is 12.1. The van der Waals surface area contributed by atoms with Gasteiger partial charge < -0.3 is 5.32 Å². The fourth-order valence-electron chi connectivity index (χ4n) is 3.05. The van der Waals surface area contributed by atoms with Crippen molar-refractivity contribution < 1.29 is 4.79 Å². The molecule has 0 radical (unpaired) electrons. The summed E-state index contributed by atoms with van der Waals surface area (Å²) in [6, 6.07) is 13.9. The molecule has 4 rings (SSSR count). The van der Waals surface area contributed by atoms with Crippen molar-refractivity contribution >= 4 is 28.6 Å². The second-order valence-corrected chi connectivity index (χ2v) is 7.78. The van der Waals surface area contributed by atoms with Crippen LogP contribution in [0, 0.1) is 5.92 Å². The van der Waals surface area contributed by atoms with E-state index in [1.54, 1.807) is 17.5 Å². The molecule has 1 amide bonds. The summed E-state index contributed by atoms with van der Waals surface area (Å²) >= 11 is 1.67. The lowest BCUT2D eigenvalue weighted by Gasteiger charge is -2.10. The quantitative estimate of drug-likeness (QED) is 0.526. The minimum Gasteiger partial charge on any atom is -0.326 e. The second-order valence-electron chi connectivity index (χ2n) is 6.83. The van der Waals surface area contributed by atoms with Crippen molar-refractivity contribution in [3.05, 3.63) is 60.2 Å². The Labute approximate surface area is 161 Å². The number of nitrogens with zero attached hydrogens (tertiary/aromatic N) is 3. The molecule has 1 aromatic carbocycles. The molecule has 3 heterocycles. The number of rotatable bonds is 5. The monoisotopic (exact) mass is 376 g/mol. The molecular weight excluding hydrogens is 356 g/mol. The minimum absolute atomic E-state index is 0.0288. The van der Waals surface area contributed by atoms with Crippen LogP contribution in [-0.4, -0.2) is 20.5 Å². The maximum absolute atomic E-state index is 12.1. The van der Waals surface area contributed by atoms with Crippen molar-refractivity contribution in [1.82, 2.24) is 14.6 Å². The van der Waals surface area contributed by atoms with Gasteiger partial charge in [-0.1, -0.05) is 32.0 Å². The van der Waals surface area contributed by atoms with Crippen LogP contribution in [0.4, 0.5) is 5.69 Å². The summed E-state index contributed by atoms with van der Waals surface area (Å²) in [6.07, 6.45) is 4.16. The summed E-state index contributed by atoms with van der Waals surface area (Å²) in [6.45, 7) is 4.07. The van der Waals surface area contributed by atoms with Crippen LogP contribution in [0.1, 0.15) is 20.3 Å². The normalized spacial score (nSPS) is 11.2. The first kappa shape index (κ1) is 17.4. The van der Waals surface area contributed by atoms with E-state index in [0.29, 0.717) is 12.3 Å². The first-order valence-electron chi connectivity index (χ1n) is 8.89. The summed E-state index contributed by atoms with van der Waals surface area (Å²) in [5, 5.41) is 9.58. The molecule has 0 aliphatic heterocycles. The van der Waals surface area contributed by atoms with Crippen LogP contribution in [0.2, 0.25) is 0 Å². The molecule has 0 bridgehead atoms. The minimum atomic E-state index is 0.0288. The standard InChI is InChI=1S/C21H20N4OS/c1-14(2)11-20(26)24-16-6-3-5-15(12-16)18-8-9-22-21-17(13-23-25(18)21)19-7-4-10-27-19/h3-10,12-14H,11H2,1-2H3,(H,24,26). The third-order valence-electron chi connectivity index (χ3n) is 4.22. The molecule has 0 spiro atoms. The summed E-state index contributed by atoms with van der Waals surface area (Å²) in [4.78, 5) is 17.7. The lowest BCUT2D eigenvalue weighted by molar-refractivity contribution is -0.116. The van der Waals surface area contributed by atoms with E-state index in [-0.39, 0.29) is 5.91 Å². The Morgan fingerprint density at radius 3 is 2.89 bits per heavy atom. The third-order valence-corrected chi connectivity index (χ3v) is 5.13. The van der Waals surface area contributed by atoms with Crippen LogP contribution < -0.4 is 5.32 Å². The van der Waals surface area contributed by atoms with Crippen LogP contribution in [-0.2, 0) is 4.79 Å². The van der Waals surface area contributed by atoms with Gasteiger partial charge in [0, 0.05) is 28.7 Å². The molecule has 1 N–H and O–H groups in total. The molecule has 0 aliphatic carbocycles. The van der Waals surface area contributed by atoms with Crippen LogP contribution >= 0.6 is 11.3 Å². The molecule has 0 aliphatic rings. The molecule has 5 nitrogen and oxygen atoms in total. The first-order chi connectivity index (χ1) is 13.1. The number of hydrogen-bond donors (Lipinski definition) is 1. The van der Waals surface area contributed by atoms with E-state index >= 15 is 0 Å². The zero-order valence-corrected chi connectivity index (χ0v) is 16.0. The molecule has 4 aromatic rings. The van der Waals surface area contributed by atoms with Crippen molar-refractivity contribution in [2.45, 2.75) is 20.3 Å². The number of thiophene rings is 1. The predicted molar refractivity (Wildman–Crippen MR) is 110 cm³/mol. The van der Waals surface area contributed by atoms with E-state index in [9.17, 15) is 4.79 Å². The number of aromatic nitrogens is 3. The van der Waals surface area contributed by atoms with Crippen LogP contribution in [0.3, 0.4) is 0 Å². The fourth-order valence-corrected chi connectivity index (χ4v) is 3.79. The zero-order valence-electron chi connectivity index (χ0n) is 15.2. The van der Waals surface area contributed by atoms with Crippen molar-refractivity contribution in [3.63, 3.8) is 0 Å². The Balaban J connectivity index is 1.71. The topological polar surface area (TPSA) is 59.3 Å². The van der Waals surface area contributed by atoms with Crippen molar-refractivity contribution in [1.29, 1.82) is 0 Å². The molecule has 6 heteroatoms. The largest absolute Gasteiger partial charge is 0.326 e. The summed E-state index contributed by atoms with van der Waals surface area (Å²) in [7, 11) is 0. The Kier molecular flexibility index (Phi) is 4.73. The highest BCUT2D eigenvalue weighted by molar-refractivity contribution is 7.13. The van der Waals surface area contributed by atoms with Gasteiger partial charge in [0.25, 0.3) is 0 Å². The maximum Gasteiger partial charge on any atom is 0.224 e. The molecule has 0 saturated carbocycles. The number of anilines is 1. The number of carbonyl (C=O) groups is 1. The molecule has 136 valence electrons. The highest BCUT2D eigenvalue weighted by Gasteiger charge is 2.13. The highest BCUT2D eigenvalue weighted by atomic mass is 32.1. The Hall–Kier alpha value is -2.99. The van der Waals surface area contributed by atoms with Crippen LogP contribution in [0.15, 0.2) is 60.2 Å². The third kappa shape index (κ3) is 3.61. The zero-order chi connectivity index (χ0) is 18.8. The van der Waals surface area contributed by atoms with Gasteiger partial charge in [-0.05, 0) is 35.6 Å². The highest BCUT2D eigenvalue weighted by Crippen LogP contribution is 2.30. The Morgan fingerprint density at radius 1 is 1.22 bits per heavy atom. The van der Waals surface area contributed by atoms with Crippen LogP contribution in [0.5, 0.6) is 0 Å². The molecule has 3 aromatic heterocycles. The molecule has 27 heavy (non-hydrogen) atoms. The summed E-state index contributed by atoms with van der Waals surface area (Å²) in [5.74, 6) is 0.355. The van der Waals surface area contributed by atoms with E-state index in [0.717, 1.165) is 33.0 Å². The van der Waals surface area contributed by atoms with E-state index in [1.165, 1.54) is 0 Å². The predicted octanol–water partition coefficient (Wildman–Crippen LogP) is 5.11. The number of hydrogen-bond acceptors (Lipinski definition) is 4. The smallest absolute Gasteiger partial charge is 0.224 e. The average Bonchev–Trinajstić information content (AvgIpc) is 3.30. The molecular formula is C21H20N4OS. The average molecular weight is 376 g/mol. The van der Waals surface area contributed by atoms with Gasteiger partial charge in [-0.3, -0.25) is 4.79 Å². The number of nitrogens with one attached hydrogen (secondary N) is 1. The summed E-state index contributed by atoms with van der Waals surface area (Å²) < 4.78 is 1.85. The van der Waals surface area contributed by atoms with E-state index in [4.69, 9.17) is 0 Å². The van der Waals surface area contributed by atoms with Gasteiger partial charge in [-0.15, -0.1) is 11.3 Å². The molecule has 0 unspecified atom stereocenters.